The van der Waals surface area contributed by atoms with Crippen molar-refractivity contribution in [2.75, 3.05) is 13.1 Å². The predicted octanol–water partition coefficient (Wildman–Crippen LogP) is 1.62. The number of carbonyl (C=O) groups is 1. The highest BCUT2D eigenvalue weighted by atomic mass is 16.5. The van der Waals surface area contributed by atoms with Crippen LogP contribution in [0.15, 0.2) is 42.9 Å². The summed E-state index contributed by atoms with van der Waals surface area (Å²) in [4.78, 5) is 22.7. The highest BCUT2D eigenvalue weighted by molar-refractivity contribution is 5.95. The summed E-state index contributed by atoms with van der Waals surface area (Å²) in [6.45, 7) is 1.65. The summed E-state index contributed by atoms with van der Waals surface area (Å²) in [7, 11) is 0. The van der Waals surface area contributed by atoms with Crippen LogP contribution in [-0.2, 0) is 6.61 Å². The number of piperidine rings is 1. The van der Waals surface area contributed by atoms with E-state index in [2.05, 4.69) is 9.97 Å². The van der Waals surface area contributed by atoms with E-state index in [1.807, 2.05) is 12.1 Å². The van der Waals surface area contributed by atoms with E-state index in [-0.39, 0.29) is 11.9 Å². The SMILES string of the molecule is NC1CCCN(C(=O)c2ncccc2OCc2ccncc2)C1. The molecule has 0 aromatic carbocycles. The molecule has 1 unspecified atom stereocenters. The molecule has 1 aliphatic rings. The van der Waals surface area contributed by atoms with Gasteiger partial charge in [0.05, 0.1) is 0 Å². The van der Waals surface area contributed by atoms with Gasteiger partial charge in [0.2, 0.25) is 0 Å². The van der Waals surface area contributed by atoms with Gasteiger partial charge in [-0.2, -0.15) is 0 Å². The molecule has 0 radical (unpaired) electrons. The van der Waals surface area contributed by atoms with Crippen molar-refractivity contribution in [1.29, 1.82) is 0 Å². The van der Waals surface area contributed by atoms with E-state index in [9.17, 15) is 4.79 Å². The highest BCUT2D eigenvalue weighted by Crippen LogP contribution is 2.20. The van der Waals surface area contributed by atoms with Gasteiger partial charge in [-0.3, -0.25) is 9.78 Å². The topological polar surface area (TPSA) is 81.3 Å². The Morgan fingerprint density at radius 2 is 2.13 bits per heavy atom. The maximum Gasteiger partial charge on any atom is 0.276 e. The number of likely N-dealkylation sites (tertiary alicyclic amines) is 1. The molecule has 1 fully saturated rings. The van der Waals surface area contributed by atoms with E-state index in [0.717, 1.165) is 18.4 Å². The molecular weight excluding hydrogens is 292 g/mol. The average Bonchev–Trinajstić information content (AvgIpc) is 2.60. The Bertz CT molecular complexity index is 663. The lowest BCUT2D eigenvalue weighted by Gasteiger charge is -2.30. The second kappa shape index (κ2) is 7.19. The van der Waals surface area contributed by atoms with Crippen LogP contribution in [0.25, 0.3) is 0 Å². The van der Waals surface area contributed by atoms with Gasteiger partial charge in [-0.15, -0.1) is 0 Å². The summed E-state index contributed by atoms with van der Waals surface area (Å²) in [5.74, 6) is 0.374. The number of rotatable bonds is 4. The molecule has 1 saturated heterocycles. The molecule has 120 valence electrons. The number of amides is 1. The van der Waals surface area contributed by atoms with E-state index in [1.165, 1.54) is 0 Å². The number of ether oxygens (including phenoxy) is 1. The zero-order valence-corrected chi connectivity index (χ0v) is 12.9. The van der Waals surface area contributed by atoms with Gasteiger partial charge < -0.3 is 15.4 Å². The molecule has 23 heavy (non-hydrogen) atoms. The Labute approximate surface area is 135 Å². The van der Waals surface area contributed by atoms with Crippen LogP contribution in [0.1, 0.15) is 28.9 Å². The van der Waals surface area contributed by atoms with Gasteiger partial charge in [0.25, 0.3) is 5.91 Å². The zero-order valence-electron chi connectivity index (χ0n) is 12.9. The molecule has 2 aromatic rings. The van der Waals surface area contributed by atoms with Crippen molar-refractivity contribution in [1.82, 2.24) is 14.9 Å². The number of pyridine rings is 2. The van der Waals surface area contributed by atoms with Crippen molar-refractivity contribution in [3.05, 3.63) is 54.1 Å². The Balaban J connectivity index is 1.73. The molecule has 1 amide bonds. The van der Waals surface area contributed by atoms with Crippen LogP contribution in [0.3, 0.4) is 0 Å². The van der Waals surface area contributed by atoms with Crippen LogP contribution in [0.5, 0.6) is 5.75 Å². The standard InChI is InChI=1S/C17H20N4O2/c18-14-3-2-10-21(11-14)17(22)16-15(4-1-7-20-16)23-12-13-5-8-19-9-6-13/h1,4-9,14H,2-3,10-12,18H2. The number of aromatic nitrogens is 2. The maximum atomic E-state index is 12.7. The molecule has 1 aliphatic heterocycles. The Morgan fingerprint density at radius 3 is 2.91 bits per heavy atom. The zero-order chi connectivity index (χ0) is 16.1. The minimum atomic E-state index is -0.120. The van der Waals surface area contributed by atoms with Crippen molar-refractivity contribution in [2.45, 2.75) is 25.5 Å². The average molecular weight is 312 g/mol. The van der Waals surface area contributed by atoms with Crippen molar-refractivity contribution in [3.63, 3.8) is 0 Å². The molecule has 6 heteroatoms. The van der Waals surface area contributed by atoms with Gasteiger partial charge >= 0.3 is 0 Å². The third kappa shape index (κ3) is 3.84. The molecule has 2 N–H and O–H groups in total. The summed E-state index contributed by atoms with van der Waals surface area (Å²) in [6, 6.07) is 7.33. The molecule has 0 saturated carbocycles. The summed E-state index contributed by atoms with van der Waals surface area (Å²) >= 11 is 0. The van der Waals surface area contributed by atoms with Crippen molar-refractivity contribution >= 4 is 5.91 Å². The predicted molar refractivity (Wildman–Crippen MR) is 85.9 cm³/mol. The number of hydrogen-bond acceptors (Lipinski definition) is 5. The lowest BCUT2D eigenvalue weighted by molar-refractivity contribution is 0.0697. The largest absolute Gasteiger partial charge is 0.486 e. The minimum absolute atomic E-state index is 0.0394. The number of nitrogens with zero attached hydrogens (tertiary/aromatic N) is 3. The Morgan fingerprint density at radius 1 is 1.30 bits per heavy atom. The summed E-state index contributed by atoms with van der Waals surface area (Å²) in [5.41, 5.74) is 7.29. The van der Waals surface area contributed by atoms with Crippen LogP contribution in [-0.4, -0.2) is 39.9 Å². The molecule has 0 spiro atoms. The normalized spacial score (nSPS) is 17.8. The third-order valence-electron chi connectivity index (χ3n) is 3.86. The third-order valence-corrected chi connectivity index (χ3v) is 3.86. The Kier molecular flexibility index (Phi) is 4.83. The molecule has 3 heterocycles. The fourth-order valence-electron chi connectivity index (χ4n) is 2.65. The van der Waals surface area contributed by atoms with Crippen LogP contribution >= 0.6 is 0 Å². The van der Waals surface area contributed by atoms with Crippen LogP contribution in [0.4, 0.5) is 0 Å². The minimum Gasteiger partial charge on any atom is -0.486 e. The van der Waals surface area contributed by atoms with Gasteiger partial charge in [0.1, 0.15) is 6.61 Å². The van der Waals surface area contributed by atoms with Gasteiger partial charge in [-0.25, -0.2) is 4.98 Å². The first kappa shape index (κ1) is 15.4. The molecule has 0 bridgehead atoms. The Hall–Kier alpha value is -2.47. The first-order valence-electron chi connectivity index (χ1n) is 7.75. The molecule has 2 aromatic heterocycles. The van der Waals surface area contributed by atoms with Gasteiger partial charge in [-0.1, -0.05) is 0 Å². The van der Waals surface area contributed by atoms with E-state index in [0.29, 0.717) is 31.1 Å². The second-order valence-electron chi connectivity index (χ2n) is 5.65. The molecule has 1 atom stereocenters. The highest BCUT2D eigenvalue weighted by Gasteiger charge is 2.25. The maximum absolute atomic E-state index is 12.7. The smallest absolute Gasteiger partial charge is 0.276 e. The molecule has 0 aliphatic carbocycles. The monoisotopic (exact) mass is 312 g/mol. The fraction of sp³-hybridized carbons (Fsp3) is 0.353. The van der Waals surface area contributed by atoms with E-state index < -0.39 is 0 Å². The number of nitrogens with two attached hydrogens (primary N) is 1. The quantitative estimate of drug-likeness (QED) is 0.928. The van der Waals surface area contributed by atoms with Crippen LogP contribution < -0.4 is 10.5 Å². The number of carbonyl (C=O) groups excluding carboxylic acids is 1. The van der Waals surface area contributed by atoms with Crippen LogP contribution in [0.2, 0.25) is 0 Å². The summed E-state index contributed by atoms with van der Waals surface area (Å²) < 4.78 is 5.79. The van der Waals surface area contributed by atoms with E-state index in [1.54, 1.807) is 35.6 Å². The van der Waals surface area contributed by atoms with Crippen molar-refractivity contribution in [3.8, 4) is 5.75 Å². The molecule has 3 rings (SSSR count). The fourth-order valence-corrected chi connectivity index (χ4v) is 2.65. The summed E-state index contributed by atoms with van der Waals surface area (Å²) in [6.07, 6.45) is 6.91. The van der Waals surface area contributed by atoms with E-state index in [4.69, 9.17) is 10.5 Å². The van der Waals surface area contributed by atoms with Gasteiger partial charge in [0.15, 0.2) is 11.4 Å². The molecule has 6 nitrogen and oxygen atoms in total. The van der Waals surface area contributed by atoms with Gasteiger partial charge in [-0.05, 0) is 42.7 Å². The number of hydrogen-bond donors (Lipinski definition) is 1. The lowest BCUT2D eigenvalue weighted by atomic mass is 10.1. The first-order valence-corrected chi connectivity index (χ1v) is 7.75. The van der Waals surface area contributed by atoms with Crippen LogP contribution in [0, 0.1) is 0 Å². The second-order valence-corrected chi connectivity index (χ2v) is 5.65. The lowest BCUT2D eigenvalue weighted by Crippen LogP contribution is -2.46. The van der Waals surface area contributed by atoms with E-state index >= 15 is 0 Å². The van der Waals surface area contributed by atoms with Crippen molar-refractivity contribution < 1.29 is 9.53 Å². The van der Waals surface area contributed by atoms with Gasteiger partial charge in [0, 0.05) is 37.7 Å². The molecular formula is C17H20N4O2. The first-order chi connectivity index (χ1) is 11.2. The summed E-state index contributed by atoms with van der Waals surface area (Å²) in [5, 5.41) is 0. The van der Waals surface area contributed by atoms with Crippen molar-refractivity contribution in [2.24, 2.45) is 5.73 Å².